The number of nitrogens with one attached hydrogen (secondary N) is 1. The van der Waals surface area contributed by atoms with Crippen LogP contribution >= 0.6 is 0 Å². The van der Waals surface area contributed by atoms with Crippen molar-refractivity contribution >= 4 is 11.8 Å². The standard InChI is InChI=1S/C22H27N3O2/c1-2-20(26)24-21(17-11-7-4-8-12-17)22(27)25-14-18(13-23)19(15-25)16-9-5-3-6-10-16/h3-12,18-19,21H,2,13-15,23H2,1H3,(H,24,26)/t18-,19+,21?/m1/s1. The average Bonchev–Trinajstić information content (AvgIpc) is 3.17. The molecule has 27 heavy (non-hydrogen) atoms. The Morgan fingerprint density at radius 3 is 2.30 bits per heavy atom. The highest BCUT2D eigenvalue weighted by Gasteiger charge is 2.38. The highest BCUT2D eigenvalue weighted by molar-refractivity contribution is 5.88. The van der Waals surface area contributed by atoms with Crippen LogP contribution in [0.1, 0.15) is 36.4 Å². The molecule has 2 aromatic carbocycles. The molecule has 1 saturated heterocycles. The van der Waals surface area contributed by atoms with Crippen LogP contribution in [0.5, 0.6) is 0 Å². The second-order valence-corrected chi connectivity index (χ2v) is 7.02. The van der Waals surface area contributed by atoms with Gasteiger partial charge in [-0.3, -0.25) is 9.59 Å². The van der Waals surface area contributed by atoms with E-state index in [4.69, 9.17) is 5.73 Å². The number of carbonyl (C=O) groups excluding carboxylic acids is 2. The zero-order valence-corrected chi connectivity index (χ0v) is 15.7. The fourth-order valence-electron chi connectivity index (χ4n) is 3.75. The van der Waals surface area contributed by atoms with Crippen molar-refractivity contribution in [2.45, 2.75) is 25.3 Å². The summed E-state index contributed by atoms with van der Waals surface area (Å²) in [6.07, 6.45) is 0.342. The minimum absolute atomic E-state index is 0.0696. The first-order valence-electron chi connectivity index (χ1n) is 9.52. The molecule has 2 aromatic rings. The smallest absolute Gasteiger partial charge is 0.249 e. The average molecular weight is 365 g/mol. The number of amides is 2. The number of hydrogen-bond donors (Lipinski definition) is 2. The maximum absolute atomic E-state index is 13.3. The molecule has 142 valence electrons. The molecule has 0 saturated carbocycles. The van der Waals surface area contributed by atoms with Crippen molar-refractivity contribution in [3.8, 4) is 0 Å². The van der Waals surface area contributed by atoms with Crippen molar-refractivity contribution in [1.82, 2.24) is 10.2 Å². The van der Waals surface area contributed by atoms with Gasteiger partial charge in [0.1, 0.15) is 6.04 Å². The van der Waals surface area contributed by atoms with Gasteiger partial charge in [0.05, 0.1) is 0 Å². The summed E-state index contributed by atoms with van der Waals surface area (Å²) in [5.74, 6) is 0.236. The lowest BCUT2D eigenvalue weighted by Gasteiger charge is -2.25. The van der Waals surface area contributed by atoms with Gasteiger partial charge in [0.25, 0.3) is 0 Å². The first-order chi connectivity index (χ1) is 13.1. The largest absolute Gasteiger partial charge is 0.341 e. The number of nitrogens with zero attached hydrogens (tertiary/aromatic N) is 1. The highest BCUT2D eigenvalue weighted by atomic mass is 16.2. The number of benzene rings is 2. The molecule has 0 radical (unpaired) electrons. The van der Waals surface area contributed by atoms with E-state index >= 15 is 0 Å². The fraction of sp³-hybridized carbons (Fsp3) is 0.364. The van der Waals surface area contributed by atoms with Gasteiger partial charge >= 0.3 is 0 Å². The summed E-state index contributed by atoms with van der Waals surface area (Å²) in [7, 11) is 0. The van der Waals surface area contributed by atoms with Crippen LogP contribution in [0.15, 0.2) is 60.7 Å². The van der Waals surface area contributed by atoms with Crippen LogP contribution in [-0.2, 0) is 9.59 Å². The van der Waals surface area contributed by atoms with Crippen LogP contribution in [0.4, 0.5) is 0 Å². The molecule has 0 bridgehead atoms. The molecule has 2 amide bonds. The van der Waals surface area contributed by atoms with Gasteiger partial charge in [0.2, 0.25) is 11.8 Å². The van der Waals surface area contributed by atoms with Crippen molar-refractivity contribution in [3.63, 3.8) is 0 Å². The van der Waals surface area contributed by atoms with Crippen molar-refractivity contribution in [1.29, 1.82) is 0 Å². The number of rotatable bonds is 6. The number of likely N-dealkylation sites (tertiary alicyclic amines) is 1. The zero-order valence-electron chi connectivity index (χ0n) is 15.7. The fourth-order valence-corrected chi connectivity index (χ4v) is 3.75. The molecular weight excluding hydrogens is 338 g/mol. The van der Waals surface area contributed by atoms with Crippen LogP contribution in [0.3, 0.4) is 0 Å². The molecule has 0 spiro atoms. The molecular formula is C22H27N3O2. The van der Waals surface area contributed by atoms with E-state index in [1.54, 1.807) is 6.92 Å². The number of carbonyl (C=O) groups is 2. The minimum Gasteiger partial charge on any atom is -0.341 e. The first kappa shape index (κ1) is 19.1. The Morgan fingerprint density at radius 1 is 1.07 bits per heavy atom. The highest BCUT2D eigenvalue weighted by Crippen LogP contribution is 2.33. The molecule has 1 aliphatic heterocycles. The second-order valence-electron chi connectivity index (χ2n) is 7.02. The van der Waals surface area contributed by atoms with Gasteiger partial charge in [-0.2, -0.15) is 0 Å². The molecule has 1 unspecified atom stereocenters. The Hall–Kier alpha value is -2.66. The van der Waals surface area contributed by atoms with E-state index in [0.717, 1.165) is 5.56 Å². The van der Waals surface area contributed by atoms with Crippen LogP contribution in [0.25, 0.3) is 0 Å². The van der Waals surface area contributed by atoms with Gasteiger partial charge in [0.15, 0.2) is 0 Å². The molecule has 0 aliphatic carbocycles. The Bertz CT molecular complexity index is 764. The van der Waals surface area contributed by atoms with E-state index in [1.165, 1.54) is 5.56 Å². The quantitative estimate of drug-likeness (QED) is 0.826. The SMILES string of the molecule is CCC(=O)NC(C(=O)N1C[C@@H](CN)[C@H](c2ccccc2)C1)c1ccccc1. The van der Waals surface area contributed by atoms with Crippen LogP contribution in [0, 0.1) is 5.92 Å². The molecule has 3 N–H and O–H groups in total. The van der Waals surface area contributed by atoms with Gasteiger partial charge in [-0.1, -0.05) is 67.6 Å². The third-order valence-electron chi connectivity index (χ3n) is 5.29. The minimum atomic E-state index is -0.661. The maximum atomic E-state index is 13.3. The van der Waals surface area contributed by atoms with E-state index in [-0.39, 0.29) is 23.7 Å². The zero-order chi connectivity index (χ0) is 19.2. The number of nitrogens with two attached hydrogens (primary N) is 1. The lowest BCUT2D eigenvalue weighted by Crippen LogP contribution is -2.42. The van der Waals surface area contributed by atoms with Crippen molar-refractivity contribution < 1.29 is 9.59 Å². The summed E-state index contributed by atoms with van der Waals surface area (Å²) in [6.45, 7) is 3.55. The predicted molar refractivity (Wildman–Crippen MR) is 106 cm³/mol. The van der Waals surface area contributed by atoms with Crippen LogP contribution in [0.2, 0.25) is 0 Å². The molecule has 3 rings (SSSR count). The van der Waals surface area contributed by atoms with Crippen LogP contribution < -0.4 is 11.1 Å². The third-order valence-corrected chi connectivity index (χ3v) is 5.29. The summed E-state index contributed by atoms with van der Waals surface area (Å²) >= 11 is 0. The van der Waals surface area contributed by atoms with Gasteiger partial charge in [0, 0.05) is 25.4 Å². The monoisotopic (exact) mass is 365 g/mol. The maximum Gasteiger partial charge on any atom is 0.249 e. The summed E-state index contributed by atoms with van der Waals surface area (Å²) in [5.41, 5.74) is 8.01. The Morgan fingerprint density at radius 2 is 1.70 bits per heavy atom. The topological polar surface area (TPSA) is 75.4 Å². The molecule has 3 atom stereocenters. The molecule has 0 aromatic heterocycles. The van der Waals surface area contributed by atoms with E-state index in [2.05, 4.69) is 17.4 Å². The Labute approximate surface area is 160 Å². The first-order valence-corrected chi connectivity index (χ1v) is 9.52. The van der Waals surface area contributed by atoms with Crippen molar-refractivity contribution in [2.24, 2.45) is 11.7 Å². The summed E-state index contributed by atoms with van der Waals surface area (Å²) in [6, 6.07) is 19.0. The number of hydrogen-bond acceptors (Lipinski definition) is 3. The lowest BCUT2D eigenvalue weighted by atomic mass is 9.89. The molecule has 1 fully saturated rings. The summed E-state index contributed by atoms with van der Waals surface area (Å²) in [4.78, 5) is 27.2. The van der Waals surface area contributed by atoms with E-state index in [9.17, 15) is 9.59 Å². The Balaban J connectivity index is 1.82. The van der Waals surface area contributed by atoms with Gasteiger partial charge in [-0.15, -0.1) is 0 Å². The van der Waals surface area contributed by atoms with Crippen molar-refractivity contribution in [3.05, 3.63) is 71.8 Å². The second kappa shape index (κ2) is 8.82. The van der Waals surface area contributed by atoms with Gasteiger partial charge < -0.3 is 16.0 Å². The lowest BCUT2D eigenvalue weighted by molar-refractivity contribution is -0.135. The van der Waals surface area contributed by atoms with Crippen LogP contribution in [-0.4, -0.2) is 36.3 Å². The van der Waals surface area contributed by atoms with Crippen molar-refractivity contribution in [2.75, 3.05) is 19.6 Å². The molecule has 1 heterocycles. The van der Waals surface area contributed by atoms with Gasteiger partial charge in [-0.25, -0.2) is 0 Å². The normalized spacial score (nSPS) is 20.3. The molecule has 5 nitrogen and oxygen atoms in total. The Kier molecular flexibility index (Phi) is 6.24. The molecule has 1 aliphatic rings. The molecule has 5 heteroatoms. The third kappa shape index (κ3) is 4.37. The summed E-state index contributed by atoms with van der Waals surface area (Å²) < 4.78 is 0. The van der Waals surface area contributed by atoms with E-state index < -0.39 is 6.04 Å². The van der Waals surface area contributed by atoms with E-state index in [0.29, 0.717) is 26.1 Å². The van der Waals surface area contributed by atoms with Gasteiger partial charge in [-0.05, 0) is 23.6 Å². The predicted octanol–water partition coefficient (Wildman–Crippen LogP) is 2.45. The summed E-state index contributed by atoms with van der Waals surface area (Å²) in [5, 5.41) is 2.89. The van der Waals surface area contributed by atoms with E-state index in [1.807, 2.05) is 53.4 Å².